The van der Waals surface area contributed by atoms with Crippen molar-refractivity contribution in [2.75, 3.05) is 31.4 Å². The van der Waals surface area contributed by atoms with Crippen LogP contribution >= 0.6 is 0 Å². The van der Waals surface area contributed by atoms with Gasteiger partial charge in [0.15, 0.2) is 15.8 Å². The van der Waals surface area contributed by atoms with Crippen molar-refractivity contribution in [3.8, 4) is 5.75 Å². The number of aliphatic carboxylic acids is 2. The summed E-state index contributed by atoms with van der Waals surface area (Å²) in [5.41, 5.74) is 1.53. The highest BCUT2D eigenvalue weighted by molar-refractivity contribution is 7.91. The van der Waals surface area contributed by atoms with Crippen LogP contribution in [0.5, 0.6) is 5.75 Å². The van der Waals surface area contributed by atoms with Crippen molar-refractivity contribution in [2.24, 2.45) is 11.3 Å². The van der Waals surface area contributed by atoms with Gasteiger partial charge in [-0.2, -0.15) is 0 Å². The molecule has 10 heteroatoms. The maximum Gasteiger partial charge on any atom is 0.317 e. The molecule has 3 rings (SSSR count). The monoisotopic (exact) mass is 631 g/mol. The Morgan fingerprint density at radius 2 is 1.55 bits per heavy atom. The second kappa shape index (κ2) is 15.8. The number of carboxylic acid groups (broad SMARTS) is 2. The highest BCUT2D eigenvalue weighted by atomic mass is 32.2. The third kappa shape index (κ3) is 8.53. The van der Waals surface area contributed by atoms with Crippen LogP contribution in [0.25, 0.3) is 0 Å². The number of hydrogen-bond donors (Lipinski definition) is 3. The summed E-state index contributed by atoms with van der Waals surface area (Å²) >= 11 is 0. The fraction of sp³-hybridized carbons (Fsp3) is 0.588. The van der Waals surface area contributed by atoms with E-state index in [0.717, 1.165) is 36.9 Å². The first kappa shape index (κ1) is 35.4. The molecule has 0 saturated heterocycles. The standard InChI is InChI=1S/C34H49NO8S/c1-5-7-19-34(20-8-6-2)23-44(41,42)29-18-15-25(35(3)4)22-28(29)30(31(34)36)24-13-16-26(17-14-24)43-21-11-9-10-12-27(32(37)38)33(39)40/h13-18,22,27,30-31,36H,5-12,19-21,23H2,1-4H3,(H,37,38)(H,39,40)/t30-,31-/m0/s1. The van der Waals surface area contributed by atoms with Gasteiger partial charge in [-0.3, -0.25) is 9.59 Å². The van der Waals surface area contributed by atoms with E-state index in [9.17, 15) is 23.1 Å². The summed E-state index contributed by atoms with van der Waals surface area (Å²) in [5, 5.41) is 30.3. The lowest BCUT2D eigenvalue weighted by atomic mass is 9.68. The van der Waals surface area contributed by atoms with Gasteiger partial charge < -0.3 is 25.0 Å². The van der Waals surface area contributed by atoms with Gasteiger partial charge in [-0.15, -0.1) is 0 Å². The Hall–Kier alpha value is -3.11. The van der Waals surface area contributed by atoms with E-state index in [1.807, 2.05) is 55.4 Å². The first-order chi connectivity index (χ1) is 20.9. The molecule has 0 aliphatic carbocycles. The van der Waals surface area contributed by atoms with Gasteiger partial charge in [-0.05, 0) is 67.1 Å². The maximum absolute atomic E-state index is 14.0. The van der Waals surface area contributed by atoms with Crippen molar-refractivity contribution in [3.05, 3.63) is 53.6 Å². The number of hydrogen-bond acceptors (Lipinski definition) is 7. The van der Waals surface area contributed by atoms with Crippen molar-refractivity contribution in [2.45, 2.75) is 95.0 Å². The SMILES string of the molecule is CCCCC1(CCCC)CS(=O)(=O)c2ccc(N(C)C)cc2[C@H](c2ccc(OCCCCCC(C(=O)O)C(=O)O)cc2)[C@@H]1O. The molecule has 9 nitrogen and oxygen atoms in total. The van der Waals surface area contributed by atoms with E-state index >= 15 is 0 Å². The zero-order valence-electron chi connectivity index (χ0n) is 26.5. The molecule has 3 N–H and O–H groups in total. The Kier molecular flexibility index (Phi) is 12.7. The van der Waals surface area contributed by atoms with Gasteiger partial charge in [-0.1, -0.05) is 64.5 Å². The Bertz CT molecular complexity index is 1330. The van der Waals surface area contributed by atoms with Crippen LogP contribution in [0.2, 0.25) is 0 Å². The summed E-state index contributed by atoms with van der Waals surface area (Å²) in [4.78, 5) is 24.3. The van der Waals surface area contributed by atoms with Crippen LogP contribution in [0.1, 0.15) is 95.1 Å². The minimum absolute atomic E-state index is 0.0765. The zero-order chi connectivity index (χ0) is 32.5. The van der Waals surface area contributed by atoms with Crippen molar-refractivity contribution < 1.29 is 38.1 Å². The number of unbranched alkanes of at least 4 members (excludes halogenated alkanes) is 4. The molecule has 0 bridgehead atoms. The Morgan fingerprint density at radius 3 is 2.09 bits per heavy atom. The number of nitrogens with zero attached hydrogens (tertiary/aromatic N) is 1. The topological polar surface area (TPSA) is 141 Å². The average molecular weight is 632 g/mol. The molecular formula is C34H49NO8S. The molecule has 0 spiro atoms. The molecule has 2 aromatic carbocycles. The van der Waals surface area contributed by atoms with Gasteiger partial charge in [0.2, 0.25) is 0 Å². The number of anilines is 1. The predicted octanol–water partition coefficient (Wildman–Crippen LogP) is 6.12. The lowest BCUT2D eigenvalue weighted by Crippen LogP contribution is -2.43. The Balaban J connectivity index is 1.89. The van der Waals surface area contributed by atoms with Crippen LogP contribution in [-0.4, -0.2) is 68.2 Å². The fourth-order valence-corrected chi connectivity index (χ4v) is 8.52. The minimum Gasteiger partial charge on any atom is -0.494 e. The molecule has 244 valence electrons. The fourth-order valence-electron chi connectivity index (χ4n) is 6.33. The molecule has 0 fully saturated rings. The van der Waals surface area contributed by atoms with Crippen molar-refractivity contribution >= 4 is 27.5 Å². The van der Waals surface area contributed by atoms with Gasteiger partial charge in [0.1, 0.15) is 5.75 Å². The number of ether oxygens (including phenoxy) is 1. The molecule has 0 radical (unpaired) electrons. The van der Waals surface area contributed by atoms with Crippen LogP contribution in [0, 0.1) is 11.3 Å². The van der Waals surface area contributed by atoms with E-state index in [1.165, 1.54) is 0 Å². The number of carbonyl (C=O) groups is 2. The number of aliphatic hydroxyl groups is 1. The Morgan fingerprint density at radius 1 is 0.932 bits per heavy atom. The molecule has 0 saturated carbocycles. The van der Waals surface area contributed by atoms with Gasteiger partial charge >= 0.3 is 11.9 Å². The highest BCUT2D eigenvalue weighted by Gasteiger charge is 2.49. The zero-order valence-corrected chi connectivity index (χ0v) is 27.3. The molecule has 2 atom stereocenters. The van der Waals surface area contributed by atoms with Crippen LogP contribution in [0.3, 0.4) is 0 Å². The second-order valence-corrected chi connectivity index (χ2v) is 14.3. The molecule has 1 heterocycles. The van der Waals surface area contributed by atoms with Gasteiger partial charge in [0.05, 0.1) is 23.4 Å². The number of fused-ring (bicyclic) bond motifs is 1. The minimum atomic E-state index is -3.67. The third-order valence-corrected chi connectivity index (χ3v) is 10.9. The molecule has 1 aliphatic heterocycles. The smallest absolute Gasteiger partial charge is 0.317 e. The molecule has 44 heavy (non-hydrogen) atoms. The van der Waals surface area contributed by atoms with Crippen molar-refractivity contribution in [1.82, 2.24) is 0 Å². The quantitative estimate of drug-likeness (QED) is 0.139. The van der Waals surface area contributed by atoms with Gasteiger partial charge in [0, 0.05) is 31.1 Å². The van der Waals surface area contributed by atoms with E-state index in [1.54, 1.807) is 6.07 Å². The summed E-state index contributed by atoms with van der Waals surface area (Å²) in [6.07, 6.45) is 5.69. The first-order valence-electron chi connectivity index (χ1n) is 15.8. The van der Waals surface area contributed by atoms with Crippen molar-refractivity contribution in [1.29, 1.82) is 0 Å². The van der Waals surface area contributed by atoms with Crippen LogP contribution < -0.4 is 9.64 Å². The summed E-state index contributed by atoms with van der Waals surface area (Å²) in [6, 6.07) is 12.9. The average Bonchev–Trinajstić information content (AvgIpc) is 3.04. The first-order valence-corrected chi connectivity index (χ1v) is 17.4. The highest BCUT2D eigenvalue weighted by Crippen LogP contribution is 2.50. The summed E-state index contributed by atoms with van der Waals surface area (Å²) in [7, 11) is 0.147. The maximum atomic E-state index is 14.0. The predicted molar refractivity (Wildman–Crippen MR) is 171 cm³/mol. The van der Waals surface area contributed by atoms with Crippen LogP contribution in [0.4, 0.5) is 5.69 Å². The normalized spacial score (nSPS) is 18.8. The third-order valence-electron chi connectivity index (χ3n) is 8.90. The lowest BCUT2D eigenvalue weighted by molar-refractivity contribution is -0.154. The molecule has 0 amide bonds. The van der Waals surface area contributed by atoms with E-state index in [2.05, 4.69) is 13.8 Å². The van der Waals surface area contributed by atoms with Gasteiger partial charge in [0.25, 0.3) is 0 Å². The number of aliphatic hydroxyl groups excluding tert-OH is 1. The lowest BCUT2D eigenvalue weighted by Gasteiger charge is -2.40. The Labute approximate surface area is 262 Å². The number of carboxylic acids is 2. The number of rotatable bonds is 17. The molecular weight excluding hydrogens is 582 g/mol. The second-order valence-electron chi connectivity index (χ2n) is 12.4. The molecule has 0 aromatic heterocycles. The van der Waals surface area contributed by atoms with E-state index in [4.69, 9.17) is 14.9 Å². The van der Waals surface area contributed by atoms with E-state index in [0.29, 0.717) is 50.0 Å². The molecule has 0 unspecified atom stereocenters. The van der Waals surface area contributed by atoms with Gasteiger partial charge in [-0.25, -0.2) is 8.42 Å². The summed E-state index contributed by atoms with van der Waals surface area (Å²) < 4.78 is 33.9. The van der Waals surface area contributed by atoms with Crippen LogP contribution in [-0.2, 0) is 19.4 Å². The number of benzene rings is 2. The summed E-state index contributed by atoms with van der Waals surface area (Å²) in [5.74, 6) is -4.02. The number of sulfone groups is 1. The van der Waals surface area contributed by atoms with E-state index < -0.39 is 45.1 Å². The van der Waals surface area contributed by atoms with Crippen molar-refractivity contribution in [3.63, 3.8) is 0 Å². The van der Waals surface area contributed by atoms with E-state index in [-0.39, 0.29) is 17.1 Å². The summed E-state index contributed by atoms with van der Waals surface area (Å²) in [6.45, 7) is 4.56. The molecule has 2 aromatic rings. The largest absolute Gasteiger partial charge is 0.494 e. The molecule has 1 aliphatic rings. The van der Waals surface area contributed by atoms with Crippen LogP contribution in [0.15, 0.2) is 47.4 Å².